The molecule has 2 bridgehead atoms. The zero-order chi connectivity index (χ0) is 27.8. The molecule has 3 aliphatic carbocycles. The molecule has 1 aromatic carbocycles. The van der Waals surface area contributed by atoms with Gasteiger partial charge in [0.25, 0.3) is 5.91 Å². The molecule has 0 aromatic heterocycles. The van der Waals surface area contributed by atoms with Crippen LogP contribution in [-0.2, 0) is 9.59 Å². The Morgan fingerprint density at radius 1 is 1.08 bits per heavy atom. The van der Waals surface area contributed by atoms with Crippen molar-refractivity contribution in [1.29, 1.82) is 0 Å². The highest BCUT2D eigenvalue weighted by atomic mass is 19.1. The number of fused-ring (bicyclic) bond motifs is 2. The number of amides is 3. The lowest BCUT2D eigenvalue weighted by atomic mass is 9.74. The van der Waals surface area contributed by atoms with Gasteiger partial charge in [-0.15, -0.1) is 0 Å². The van der Waals surface area contributed by atoms with E-state index in [0.717, 1.165) is 25.3 Å². The van der Waals surface area contributed by atoms with E-state index >= 15 is 0 Å². The number of nitrogens with one attached hydrogen (secondary N) is 2. The average Bonchev–Trinajstić information content (AvgIpc) is 3.46. The molecule has 9 heteroatoms. The molecule has 0 radical (unpaired) electrons. The first-order chi connectivity index (χ1) is 17.8. The number of benzene rings is 1. The minimum Gasteiger partial charge on any atom is -0.496 e. The van der Waals surface area contributed by atoms with Crippen LogP contribution in [0.2, 0.25) is 0 Å². The molecule has 8 nitrogen and oxygen atoms in total. The molecular weight excluding hydrogens is 489 g/mol. The van der Waals surface area contributed by atoms with Crippen LogP contribution in [0.4, 0.5) is 4.39 Å². The van der Waals surface area contributed by atoms with Crippen LogP contribution in [-0.4, -0.2) is 43.5 Å². The van der Waals surface area contributed by atoms with E-state index in [-0.39, 0.29) is 64.2 Å². The summed E-state index contributed by atoms with van der Waals surface area (Å²) in [4.78, 5) is 38.4. The van der Waals surface area contributed by atoms with Gasteiger partial charge < -0.3 is 25.8 Å². The monoisotopic (exact) mass is 531 g/mol. The molecule has 4 rings (SSSR count). The number of rotatable bonds is 8. The maximum absolute atomic E-state index is 14.9. The second-order valence-electron chi connectivity index (χ2n) is 12.9. The van der Waals surface area contributed by atoms with Gasteiger partial charge >= 0.3 is 0 Å². The van der Waals surface area contributed by atoms with Crippen molar-refractivity contribution in [3.05, 3.63) is 23.5 Å². The maximum atomic E-state index is 14.9. The van der Waals surface area contributed by atoms with Gasteiger partial charge in [0, 0.05) is 24.1 Å². The second-order valence-corrected chi connectivity index (χ2v) is 12.9. The van der Waals surface area contributed by atoms with Gasteiger partial charge in [-0.1, -0.05) is 27.7 Å². The van der Waals surface area contributed by atoms with E-state index in [1.165, 1.54) is 13.2 Å². The van der Waals surface area contributed by atoms with Gasteiger partial charge in [0.2, 0.25) is 11.8 Å². The third-order valence-corrected chi connectivity index (χ3v) is 8.73. The summed E-state index contributed by atoms with van der Waals surface area (Å²) < 4.78 is 26.2. The van der Waals surface area contributed by atoms with Crippen LogP contribution in [0.1, 0.15) is 83.0 Å². The van der Waals surface area contributed by atoms with E-state index < -0.39 is 17.1 Å². The fourth-order valence-corrected chi connectivity index (χ4v) is 6.32. The van der Waals surface area contributed by atoms with Gasteiger partial charge in [0.15, 0.2) is 11.6 Å². The summed E-state index contributed by atoms with van der Waals surface area (Å²) in [6.45, 7) is 8.60. The average molecular weight is 532 g/mol. The van der Waals surface area contributed by atoms with Crippen molar-refractivity contribution in [3.8, 4) is 11.5 Å². The van der Waals surface area contributed by atoms with Gasteiger partial charge in [0.1, 0.15) is 5.75 Å². The van der Waals surface area contributed by atoms with Crippen molar-refractivity contribution in [2.45, 2.75) is 84.8 Å². The summed E-state index contributed by atoms with van der Waals surface area (Å²) in [5.41, 5.74) is 5.08. The molecule has 1 aromatic rings. The molecule has 38 heavy (non-hydrogen) atoms. The first-order valence-corrected chi connectivity index (χ1v) is 13.7. The quantitative estimate of drug-likeness (QED) is 0.469. The number of hydrogen-bond acceptors (Lipinski definition) is 5. The Balaban J connectivity index is 1.48. The highest BCUT2D eigenvalue weighted by molar-refractivity contribution is 5.98. The van der Waals surface area contributed by atoms with Crippen molar-refractivity contribution in [2.75, 3.05) is 13.7 Å². The van der Waals surface area contributed by atoms with Crippen LogP contribution in [0, 0.1) is 34.4 Å². The largest absolute Gasteiger partial charge is 0.496 e. The van der Waals surface area contributed by atoms with Crippen molar-refractivity contribution < 1.29 is 28.2 Å². The predicted molar refractivity (Wildman–Crippen MR) is 141 cm³/mol. The first-order valence-electron chi connectivity index (χ1n) is 13.7. The summed E-state index contributed by atoms with van der Waals surface area (Å²) in [6.07, 6.45) is 4.81. The molecule has 3 fully saturated rings. The van der Waals surface area contributed by atoms with Crippen molar-refractivity contribution in [3.63, 3.8) is 0 Å². The lowest BCUT2D eigenvalue weighted by Crippen LogP contribution is -2.50. The Kier molecular flexibility index (Phi) is 7.96. The van der Waals surface area contributed by atoms with Crippen molar-refractivity contribution >= 4 is 17.7 Å². The van der Waals surface area contributed by atoms with Crippen molar-refractivity contribution in [1.82, 2.24) is 10.6 Å². The van der Waals surface area contributed by atoms with E-state index in [1.54, 1.807) is 0 Å². The zero-order valence-corrected chi connectivity index (χ0v) is 23.2. The molecule has 210 valence electrons. The Morgan fingerprint density at radius 3 is 2.34 bits per heavy atom. The highest BCUT2D eigenvalue weighted by Gasteiger charge is 2.51. The highest BCUT2D eigenvalue weighted by Crippen LogP contribution is 2.49. The van der Waals surface area contributed by atoms with Gasteiger partial charge in [-0.2, -0.15) is 0 Å². The number of carbonyl (C=O) groups excluding carboxylic acids is 3. The molecular formula is C29H42FN3O5. The van der Waals surface area contributed by atoms with Crippen LogP contribution in [0.3, 0.4) is 0 Å². The first kappa shape index (κ1) is 28.2. The second kappa shape index (κ2) is 10.7. The standard InChI is InChI=1S/C29H42FN3O5/c1-28(2,3)15-32-26(35)23-16-6-7-17(12-16)24(23)33-25(34)19-13-22(20(30)14-21(19)37-5)38-18-8-10-29(4,11-9-18)27(31)36/h13-14,16-18,23-24H,6-12,15H2,1-5H3,(H2,31,36)(H,32,35)(H,33,34)/t16-,17+,18?,23+,24-,29?/m1/s1. The van der Waals surface area contributed by atoms with E-state index in [9.17, 15) is 18.8 Å². The van der Waals surface area contributed by atoms with Gasteiger partial charge in [-0.3, -0.25) is 14.4 Å². The smallest absolute Gasteiger partial charge is 0.255 e. The molecule has 4 N–H and O–H groups in total. The van der Waals surface area contributed by atoms with Crippen LogP contribution < -0.4 is 25.8 Å². The Hall–Kier alpha value is -2.84. The van der Waals surface area contributed by atoms with Crippen LogP contribution in [0.25, 0.3) is 0 Å². The van der Waals surface area contributed by atoms with Crippen LogP contribution in [0.15, 0.2) is 12.1 Å². The van der Waals surface area contributed by atoms with E-state index in [0.29, 0.717) is 32.2 Å². The molecule has 0 unspecified atom stereocenters. The molecule has 3 amide bonds. The molecule has 0 spiro atoms. The third kappa shape index (κ3) is 5.91. The van der Waals surface area contributed by atoms with E-state index in [2.05, 4.69) is 31.4 Å². The lowest BCUT2D eigenvalue weighted by Gasteiger charge is -2.35. The molecule has 0 saturated heterocycles. The van der Waals surface area contributed by atoms with Gasteiger partial charge in [-0.05, 0) is 68.3 Å². The van der Waals surface area contributed by atoms with Crippen LogP contribution in [0.5, 0.6) is 11.5 Å². The zero-order valence-electron chi connectivity index (χ0n) is 23.2. The number of ether oxygens (including phenoxy) is 2. The normalized spacial score (nSPS) is 30.5. The number of primary amides is 1. The molecule has 0 heterocycles. The van der Waals surface area contributed by atoms with E-state index in [4.69, 9.17) is 15.2 Å². The summed E-state index contributed by atoms with van der Waals surface area (Å²) >= 11 is 0. The minimum absolute atomic E-state index is 0.0206. The van der Waals surface area contributed by atoms with Crippen LogP contribution >= 0.6 is 0 Å². The Morgan fingerprint density at radius 2 is 1.74 bits per heavy atom. The Bertz CT molecular complexity index is 1080. The maximum Gasteiger partial charge on any atom is 0.255 e. The van der Waals surface area contributed by atoms with Gasteiger partial charge in [-0.25, -0.2) is 4.39 Å². The number of methoxy groups -OCH3 is 1. The van der Waals surface area contributed by atoms with E-state index in [1.807, 2.05) is 6.92 Å². The minimum atomic E-state index is -0.624. The molecule has 3 aliphatic rings. The number of halogens is 1. The molecule has 3 saturated carbocycles. The van der Waals surface area contributed by atoms with Crippen molar-refractivity contribution in [2.24, 2.45) is 34.3 Å². The SMILES string of the molecule is COc1cc(F)c(OC2CCC(C)(C(N)=O)CC2)cc1C(=O)N[C@@H]1[C@H]2CC[C@H](C2)[C@@H]1C(=O)NCC(C)(C)C. The summed E-state index contributed by atoms with van der Waals surface area (Å²) in [5.74, 6) is -1.13. The summed E-state index contributed by atoms with van der Waals surface area (Å²) in [7, 11) is 1.39. The Labute approximate surface area is 224 Å². The fourth-order valence-electron chi connectivity index (χ4n) is 6.32. The summed E-state index contributed by atoms with van der Waals surface area (Å²) in [6, 6.07) is 2.26. The molecule has 0 aliphatic heterocycles. The fraction of sp³-hybridized carbons (Fsp3) is 0.690. The number of hydrogen-bond donors (Lipinski definition) is 3. The number of carbonyl (C=O) groups is 3. The summed E-state index contributed by atoms with van der Waals surface area (Å²) in [5, 5.41) is 6.17. The third-order valence-electron chi connectivity index (χ3n) is 8.73. The predicted octanol–water partition coefficient (Wildman–Crippen LogP) is 3.95. The van der Waals surface area contributed by atoms with Gasteiger partial charge in [0.05, 0.1) is 24.7 Å². The molecule has 4 atom stereocenters. The topological polar surface area (TPSA) is 120 Å². The number of nitrogens with two attached hydrogens (primary N) is 1. The lowest BCUT2D eigenvalue weighted by molar-refractivity contribution is -0.129.